The summed E-state index contributed by atoms with van der Waals surface area (Å²) < 4.78 is 1.65. The van der Waals surface area contributed by atoms with Crippen LogP contribution in [0.5, 0.6) is 0 Å². The first-order valence-electron chi connectivity index (χ1n) is 6.11. The topological polar surface area (TPSA) is 38.0 Å². The van der Waals surface area contributed by atoms with E-state index < -0.39 is 0 Å². The van der Waals surface area contributed by atoms with E-state index in [1.54, 1.807) is 22.9 Å². The van der Waals surface area contributed by atoms with Crippen molar-refractivity contribution in [2.24, 2.45) is 0 Å². The van der Waals surface area contributed by atoms with Crippen LogP contribution in [0.4, 0.5) is 0 Å². The van der Waals surface area contributed by atoms with Crippen molar-refractivity contribution < 1.29 is 5.11 Å². The van der Waals surface area contributed by atoms with Gasteiger partial charge in [0.05, 0.1) is 28.0 Å². The van der Waals surface area contributed by atoms with E-state index in [0.29, 0.717) is 15.7 Å². The number of para-hydroxylation sites is 1. The summed E-state index contributed by atoms with van der Waals surface area (Å²) >= 11 is 12.4. The molecule has 0 amide bonds. The summed E-state index contributed by atoms with van der Waals surface area (Å²) in [6, 6.07) is 5.30. The van der Waals surface area contributed by atoms with Crippen LogP contribution in [0.1, 0.15) is 36.7 Å². The zero-order chi connectivity index (χ0) is 14.2. The molecule has 0 aliphatic carbocycles. The zero-order valence-electron chi connectivity index (χ0n) is 11.1. The fraction of sp³-hybridized carbons (Fsp3) is 0.357. The highest BCUT2D eigenvalue weighted by molar-refractivity contribution is 6.37. The number of hydrogen-bond acceptors (Lipinski definition) is 2. The van der Waals surface area contributed by atoms with E-state index in [4.69, 9.17) is 23.2 Å². The van der Waals surface area contributed by atoms with Crippen molar-refractivity contribution in [2.75, 3.05) is 0 Å². The fourth-order valence-corrected chi connectivity index (χ4v) is 2.92. The van der Waals surface area contributed by atoms with E-state index >= 15 is 0 Å². The average molecular weight is 299 g/mol. The van der Waals surface area contributed by atoms with E-state index in [-0.39, 0.29) is 12.5 Å². The quantitative estimate of drug-likeness (QED) is 0.926. The highest BCUT2D eigenvalue weighted by atomic mass is 35.5. The van der Waals surface area contributed by atoms with Gasteiger partial charge in [-0.15, -0.1) is 0 Å². The molecule has 5 heteroatoms. The Morgan fingerprint density at radius 3 is 2.32 bits per heavy atom. The van der Waals surface area contributed by atoms with E-state index in [1.807, 2.05) is 6.92 Å². The van der Waals surface area contributed by atoms with E-state index in [0.717, 1.165) is 17.0 Å². The number of aromatic nitrogens is 2. The van der Waals surface area contributed by atoms with Crippen LogP contribution in [0.25, 0.3) is 5.69 Å². The Kier molecular flexibility index (Phi) is 4.19. The molecule has 102 valence electrons. The summed E-state index contributed by atoms with van der Waals surface area (Å²) in [6.07, 6.45) is 0. The first-order valence-corrected chi connectivity index (χ1v) is 6.86. The van der Waals surface area contributed by atoms with E-state index in [1.165, 1.54) is 0 Å². The molecule has 0 fully saturated rings. The van der Waals surface area contributed by atoms with Gasteiger partial charge < -0.3 is 5.11 Å². The third-order valence-electron chi connectivity index (χ3n) is 3.08. The number of halogens is 2. The molecule has 0 unspecified atom stereocenters. The number of hydrogen-bond donors (Lipinski definition) is 1. The van der Waals surface area contributed by atoms with Gasteiger partial charge in [0.15, 0.2) is 0 Å². The Balaban J connectivity index is 2.73. The molecule has 1 N–H and O–H groups in total. The molecule has 0 spiro atoms. The molecular formula is C14H16Cl2N2O. The maximum atomic E-state index is 9.66. The maximum absolute atomic E-state index is 9.66. The largest absolute Gasteiger partial charge is 0.390 e. The van der Waals surface area contributed by atoms with Crippen molar-refractivity contribution in [3.8, 4) is 5.69 Å². The number of benzene rings is 1. The molecule has 0 aliphatic heterocycles. The molecule has 0 bridgehead atoms. The van der Waals surface area contributed by atoms with Gasteiger partial charge in [0.1, 0.15) is 5.69 Å². The highest BCUT2D eigenvalue weighted by Gasteiger charge is 2.20. The van der Waals surface area contributed by atoms with Gasteiger partial charge in [-0.2, -0.15) is 5.10 Å². The molecule has 2 aromatic rings. The van der Waals surface area contributed by atoms with Gasteiger partial charge >= 0.3 is 0 Å². The fourth-order valence-electron chi connectivity index (χ4n) is 2.37. The summed E-state index contributed by atoms with van der Waals surface area (Å²) in [6.45, 7) is 5.97. The highest BCUT2D eigenvalue weighted by Crippen LogP contribution is 2.32. The molecule has 1 heterocycles. The molecule has 0 saturated carbocycles. The Morgan fingerprint density at radius 1 is 1.26 bits per heavy atom. The number of nitrogens with zero attached hydrogens (tertiary/aromatic N) is 2. The van der Waals surface area contributed by atoms with Crippen LogP contribution in [-0.4, -0.2) is 14.9 Å². The molecule has 0 atom stereocenters. The number of aryl methyl sites for hydroxylation is 1. The third-order valence-corrected chi connectivity index (χ3v) is 3.69. The van der Waals surface area contributed by atoms with E-state index in [2.05, 4.69) is 18.9 Å². The Hall–Kier alpha value is -1.03. The van der Waals surface area contributed by atoms with Gasteiger partial charge in [-0.25, -0.2) is 4.68 Å². The SMILES string of the molecule is Cc1nn(-c2c(Cl)cccc2Cl)c(CO)c1C(C)C. The Morgan fingerprint density at radius 2 is 1.84 bits per heavy atom. The minimum atomic E-state index is -0.101. The molecule has 0 radical (unpaired) electrons. The van der Waals surface area contributed by atoms with Crippen LogP contribution < -0.4 is 0 Å². The maximum Gasteiger partial charge on any atom is 0.102 e. The Bertz CT molecular complexity index is 585. The third kappa shape index (κ3) is 2.50. The molecule has 2 rings (SSSR count). The van der Waals surface area contributed by atoms with Crippen LogP contribution in [-0.2, 0) is 6.61 Å². The second-order valence-electron chi connectivity index (χ2n) is 4.74. The zero-order valence-corrected chi connectivity index (χ0v) is 12.6. The minimum Gasteiger partial charge on any atom is -0.390 e. The number of aliphatic hydroxyl groups is 1. The van der Waals surface area contributed by atoms with Gasteiger partial charge in [0.2, 0.25) is 0 Å². The lowest BCUT2D eigenvalue weighted by Crippen LogP contribution is -2.05. The van der Waals surface area contributed by atoms with Crippen molar-refractivity contribution in [3.05, 3.63) is 45.2 Å². The van der Waals surface area contributed by atoms with Gasteiger partial charge in [-0.3, -0.25) is 0 Å². The minimum absolute atomic E-state index is 0.101. The number of aliphatic hydroxyl groups excluding tert-OH is 1. The molecule has 3 nitrogen and oxygen atoms in total. The lowest BCUT2D eigenvalue weighted by molar-refractivity contribution is 0.271. The normalized spacial score (nSPS) is 11.3. The van der Waals surface area contributed by atoms with Crippen LogP contribution >= 0.6 is 23.2 Å². The van der Waals surface area contributed by atoms with Crippen molar-refractivity contribution in [1.29, 1.82) is 0 Å². The van der Waals surface area contributed by atoms with Gasteiger partial charge in [0.25, 0.3) is 0 Å². The van der Waals surface area contributed by atoms with Crippen molar-refractivity contribution in [2.45, 2.75) is 33.3 Å². The van der Waals surface area contributed by atoms with Crippen LogP contribution in [0.2, 0.25) is 10.0 Å². The van der Waals surface area contributed by atoms with Crippen molar-refractivity contribution in [1.82, 2.24) is 9.78 Å². The van der Waals surface area contributed by atoms with Crippen LogP contribution in [0.15, 0.2) is 18.2 Å². The molecule has 19 heavy (non-hydrogen) atoms. The molecule has 1 aromatic carbocycles. The summed E-state index contributed by atoms with van der Waals surface area (Å²) in [4.78, 5) is 0. The second kappa shape index (κ2) is 5.53. The summed E-state index contributed by atoms with van der Waals surface area (Å²) in [5.74, 6) is 0.275. The van der Waals surface area contributed by atoms with Crippen LogP contribution in [0, 0.1) is 6.92 Å². The molecule has 1 aromatic heterocycles. The Labute approximate surface area is 122 Å². The van der Waals surface area contributed by atoms with Crippen molar-refractivity contribution >= 4 is 23.2 Å². The van der Waals surface area contributed by atoms with Crippen LogP contribution in [0.3, 0.4) is 0 Å². The monoisotopic (exact) mass is 298 g/mol. The molecular weight excluding hydrogens is 283 g/mol. The predicted molar refractivity (Wildman–Crippen MR) is 78.3 cm³/mol. The first-order chi connectivity index (χ1) is 8.97. The smallest absolute Gasteiger partial charge is 0.102 e. The lowest BCUT2D eigenvalue weighted by atomic mass is 10.0. The van der Waals surface area contributed by atoms with Gasteiger partial charge in [0, 0.05) is 5.56 Å². The summed E-state index contributed by atoms with van der Waals surface area (Å²) in [5.41, 5.74) is 3.28. The lowest BCUT2D eigenvalue weighted by Gasteiger charge is -2.12. The first kappa shape index (κ1) is 14.4. The van der Waals surface area contributed by atoms with Crippen molar-refractivity contribution in [3.63, 3.8) is 0 Å². The summed E-state index contributed by atoms with van der Waals surface area (Å²) in [7, 11) is 0. The molecule has 0 saturated heterocycles. The van der Waals surface area contributed by atoms with Gasteiger partial charge in [-0.1, -0.05) is 43.1 Å². The second-order valence-corrected chi connectivity index (χ2v) is 5.56. The average Bonchev–Trinajstić information content (AvgIpc) is 2.65. The van der Waals surface area contributed by atoms with Gasteiger partial charge in [-0.05, 0) is 25.0 Å². The number of rotatable bonds is 3. The molecule has 0 aliphatic rings. The predicted octanol–water partition coefficient (Wildman–Crippen LogP) is 4.10. The van der Waals surface area contributed by atoms with E-state index in [9.17, 15) is 5.11 Å². The summed E-state index contributed by atoms with van der Waals surface area (Å²) in [5, 5.41) is 15.2. The standard InChI is InChI=1S/C14H16Cl2N2O/c1-8(2)13-9(3)17-18(12(13)7-19)14-10(15)5-4-6-11(14)16/h4-6,8,19H,7H2,1-3H3.